The quantitative estimate of drug-likeness (QED) is 0.918. The molecule has 3 heterocycles. The third-order valence-corrected chi connectivity index (χ3v) is 5.01. The molecule has 2 aliphatic rings. The number of likely N-dealkylation sites (tertiary alicyclic amines) is 1. The van der Waals surface area contributed by atoms with Crippen LogP contribution in [0.25, 0.3) is 0 Å². The number of hydrogen-bond acceptors (Lipinski definition) is 4. The first-order valence-corrected chi connectivity index (χ1v) is 8.50. The number of rotatable bonds is 3. The maximum absolute atomic E-state index is 12.9. The Morgan fingerprint density at radius 1 is 1.17 bits per heavy atom. The highest BCUT2D eigenvalue weighted by molar-refractivity contribution is 5.93. The van der Waals surface area contributed by atoms with E-state index in [1.165, 1.54) is 0 Å². The minimum atomic E-state index is -2.73. The molecule has 0 saturated carbocycles. The molecule has 0 aliphatic carbocycles. The summed E-state index contributed by atoms with van der Waals surface area (Å²) in [4.78, 5) is 20.5. The van der Waals surface area contributed by atoms with Crippen molar-refractivity contribution in [1.82, 2.24) is 9.88 Å². The molecular weight excluding hydrogens is 316 g/mol. The monoisotopic (exact) mass is 339 g/mol. The predicted octanol–water partition coefficient (Wildman–Crippen LogP) is 2.30. The van der Waals surface area contributed by atoms with Crippen LogP contribution in [0.4, 0.5) is 14.5 Å². The lowest BCUT2D eigenvalue weighted by Crippen LogP contribution is -2.48. The maximum atomic E-state index is 12.9. The Bertz CT molecular complexity index is 583. The van der Waals surface area contributed by atoms with Crippen molar-refractivity contribution in [2.45, 2.75) is 44.1 Å². The highest BCUT2D eigenvalue weighted by Gasteiger charge is 2.40. The molecule has 1 N–H and O–H groups in total. The molecule has 1 aromatic rings. The Hall–Kier alpha value is -1.76. The van der Waals surface area contributed by atoms with Gasteiger partial charge in [0.15, 0.2) is 0 Å². The predicted molar refractivity (Wildman–Crippen MR) is 86.4 cm³/mol. The number of halogens is 2. The van der Waals surface area contributed by atoms with Gasteiger partial charge in [-0.05, 0) is 44.2 Å². The fourth-order valence-corrected chi connectivity index (χ4v) is 3.36. The van der Waals surface area contributed by atoms with Gasteiger partial charge in [-0.3, -0.25) is 9.78 Å². The highest BCUT2D eigenvalue weighted by atomic mass is 19.3. The Balaban J connectivity index is 1.68. The van der Waals surface area contributed by atoms with Crippen LogP contribution in [0.3, 0.4) is 0 Å². The minimum Gasteiger partial charge on any atom is -0.384 e. The number of aromatic nitrogens is 1. The van der Waals surface area contributed by atoms with Crippen molar-refractivity contribution in [2.24, 2.45) is 0 Å². The van der Waals surface area contributed by atoms with Gasteiger partial charge in [0.2, 0.25) is 0 Å². The Morgan fingerprint density at radius 2 is 1.83 bits per heavy atom. The van der Waals surface area contributed by atoms with Crippen molar-refractivity contribution in [3.8, 4) is 0 Å². The molecule has 132 valence electrons. The second kappa shape index (κ2) is 7.01. The lowest BCUT2D eigenvalue weighted by atomic mass is 9.91. The molecule has 7 heteroatoms. The van der Waals surface area contributed by atoms with Crippen molar-refractivity contribution >= 4 is 11.6 Å². The topological polar surface area (TPSA) is 56.7 Å². The molecule has 3 rings (SSSR count). The third kappa shape index (κ3) is 3.50. The van der Waals surface area contributed by atoms with Crippen molar-refractivity contribution < 1.29 is 18.7 Å². The van der Waals surface area contributed by atoms with Crippen molar-refractivity contribution in [2.75, 3.05) is 31.1 Å². The highest BCUT2D eigenvalue weighted by Crippen LogP contribution is 2.31. The van der Waals surface area contributed by atoms with Gasteiger partial charge in [-0.15, -0.1) is 0 Å². The maximum Gasteiger partial charge on any atom is 0.272 e. The summed E-state index contributed by atoms with van der Waals surface area (Å²) in [6, 6.07) is 3.50. The molecular formula is C17H23F2N3O2. The van der Waals surface area contributed by atoms with Crippen LogP contribution in [-0.4, -0.2) is 59.1 Å². The van der Waals surface area contributed by atoms with Crippen molar-refractivity contribution in [3.05, 3.63) is 24.0 Å². The molecule has 0 unspecified atom stereocenters. The Labute approximate surface area is 140 Å². The lowest BCUT2D eigenvalue weighted by molar-refractivity contribution is -0.109. The molecule has 5 nitrogen and oxygen atoms in total. The van der Waals surface area contributed by atoms with E-state index in [0.717, 1.165) is 38.0 Å². The van der Waals surface area contributed by atoms with Gasteiger partial charge in [0, 0.05) is 38.1 Å². The zero-order valence-corrected chi connectivity index (χ0v) is 13.6. The number of hydrogen-bond donors (Lipinski definition) is 1. The molecule has 2 fully saturated rings. The summed E-state index contributed by atoms with van der Waals surface area (Å²) in [5.41, 5.74) is -0.707. The molecule has 0 aromatic carbocycles. The average molecular weight is 339 g/mol. The van der Waals surface area contributed by atoms with Gasteiger partial charge in [-0.25, -0.2) is 8.78 Å². The molecule has 0 spiro atoms. The summed E-state index contributed by atoms with van der Waals surface area (Å²) in [6.07, 6.45) is 2.07. The van der Waals surface area contributed by atoms with Crippen LogP contribution in [0.5, 0.6) is 0 Å². The van der Waals surface area contributed by atoms with E-state index in [9.17, 15) is 18.7 Å². The van der Waals surface area contributed by atoms with Crippen LogP contribution in [0, 0.1) is 0 Å². The van der Waals surface area contributed by atoms with Crippen molar-refractivity contribution in [3.63, 3.8) is 0 Å². The smallest absolute Gasteiger partial charge is 0.272 e. The summed E-state index contributed by atoms with van der Waals surface area (Å²) in [5, 5.41) is 9.88. The van der Waals surface area contributed by atoms with Gasteiger partial charge in [0.25, 0.3) is 12.3 Å². The second-order valence-electron chi connectivity index (χ2n) is 6.64. The number of carbonyl (C=O) groups is 1. The van der Waals surface area contributed by atoms with Crippen LogP contribution in [-0.2, 0) is 0 Å². The van der Waals surface area contributed by atoms with E-state index in [1.54, 1.807) is 18.3 Å². The Kier molecular flexibility index (Phi) is 4.99. The first-order valence-electron chi connectivity index (χ1n) is 8.50. The van der Waals surface area contributed by atoms with E-state index >= 15 is 0 Å². The minimum absolute atomic E-state index is 0.0163. The third-order valence-electron chi connectivity index (χ3n) is 5.01. The van der Waals surface area contributed by atoms with E-state index in [4.69, 9.17) is 0 Å². The zero-order valence-electron chi connectivity index (χ0n) is 13.6. The molecule has 0 radical (unpaired) electrons. The van der Waals surface area contributed by atoms with E-state index in [0.29, 0.717) is 18.8 Å². The van der Waals surface area contributed by atoms with Crippen molar-refractivity contribution in [1.29, 1.82) is 0 Å². The van der Waals surface area contributed by atoms with Gasteiger partial charge in [-0.2, -0.15) is 0 Å². The van der Waals surface area contributed by atoms with E-state index in [-0.39, 0.29) is 18.7 Å². The number of aliphatic hydroxyl groups is 1. The standard InChI is InChI=1S/C17H23F2N3O2/c18-16(19)17(24)5-10-21(11-6-17)13-4-7-20-14(12-13)15(23)22-8-2-1-3-9-22/h4,7,12,16,24H,1-3,5-6,8-11H2. The summed E-state index contributed by atoms with van der Waals surface area (Å²) >= 11 is 0. The van der Waals surface area contributed by atoms with Crippen LogP contribution in [0.1, 0.15) is 42.6 Å². The number of pyridine rings is 1. The largest absolute Gasteiger partial charge is 0.384 e. The van der Waals surface area contributed by atoms with Crippen LogP contribution < -0.4 is 4.90 Å². The summed E-state index contributed by atoms with van der Waals surface area (Å²) in [5.74, 6) is -0.0716. The number of anilines is 1. The number of nitrogens with zero attached hydrogens (tertiary/aromatic N) is 3. The molecule has 1 aromatic heterocycles. The normalized spacial score (nSPS) is 21.2. The summed E-state index contributed by atoms with van der Waals surface area (Å²) in [6.45, 7) is 2.19. The molecule has 0 atom stereocenters. The van der Waals surface area contributed by atoms with E-state index in [2.05, 4.69) is 4.98 Å². The van der Waals surface area contributed by atoms with Crippen LogP contribution >= 0.6 is 0 Å². The molecule has 2 saturated heterocycles. The SMILES string of the molecule is O=C(c1cc(N2CCC(O)(C(F)F)CC2)ccn1)N1CCCCC1. The number of carbonyl (C=O) groups excluding carboxylic acids is 1. The first kappa shape index (κ1) is 17.1. The Morgan fingerprint density at radius 3 is 2.46 bits per heavy atom. The van der Waals surface area contributed by atoms with Crippen LogP contribution in [0.15, 0.2) is 18.3 Å². The second-order valence-corrected chi connectivity index (χ2v) is 6.64. The average Bonchev–Trinajstić information content (AvgIpc) is 2.62. The molecule has 0 bridgehead atoms. The molecule has 1 amide bonds. The number of alkyl halides is 2. The lowest BCUT2D eigenvalue weighted by Gasteiger charge is -2.38. The number of piperidine rings is 2. The zero-order chi connectivity index (χ0) is 17.2. The first-order chi connectivity index (χ1) is 11.5. The van der Waals surface area contributed by atoms with Gasteiger partial charge in [0.05, 0.1) is 0 Å². The number of amides is 1. The molecule has 24 heavy (non-hydrogen) atoms. The summed E-state index contributed by atoms with van der Waals surface area (Å²) < 4.78 is 25.8. The van der Waals surface area contributed by atoms with Gasteiger partial charge >= 0.3 is 0 Å². The van der Waals surface area contributed by atoms with Gasteiger partial charge in [-0.1, -0.05) is 0 Å². The van der Waals surface area contributed by atoms with E-state index in [1.807, 2.05) is 9.80 Å². The summed E-state index contributed by atoms with van der Waals surface area (Å²) in [7, 11) is 0. The molecule has 2 aliphatic heterocycles. The van der Waals surface area contributed by atoms with Gasteiger partial charge in [0.1, 0.15) is 11.3 Å². The van der Waals surface area contributed by atoms with E-state index < -0.39 is 12.0 Å². The van der Waals surface area contributed by atoms with Gasteiger partial charge < -0.3 is 14.9 Å². The fraction of sp³-hybridized carbons (Fsp3) is 0.647. The fourth-order valence-electron chi connectivity index (χ4n) is 3.36. The van der Waals surface area contributed by atoms with Crippen LogP contribution in [0.2, 0.25) is 0 Å².